The topological polar surface area (TPSA) is 52.6 Å². The summed E-state index contributed by atoms with van der Waals surface area (Å²) in [4.78, 5) is 0.179. The van der Waals surface area contributed by atoms with Crippen LogP contribution in [0.4, 0.5) is 0 Å². The summed E-state index contributed by atoms with van der Waals surface area (Å²) in [7, 11) is -3.68. The number of unbranched alkanes of at least 4 members (excludes halogenated alkanes) is 1. The third-order valence-corrected chi connectivity index (χ3v) is 3.96. The quantitative estimate of drug-likeness (QED) is 0.544. The summed E-state index contributed by atoms with van der Waals surface area (Å²) in [5, 5.41) is 0. The molecule has 0 aliphatic rings. The maximum Gasteiger partial charge on any atom is 0.297 e. The smallest absolute Gasteiger partial charge is 0.297 e. The Labute approximate surface area is 115 Å². The molecule has 1 aromatic rings. The third-order valence-electron chi connectivity index (χ3n) is 2.67. The van der Waals surface area contributed by atoms with Gasteiger partial charge in [-0.2, -0.15) is 8.42 Å². The van der Waals surface area contributed by atoms with Gasteiger partial charge in [-0.05, 0) is 32.4 Å². The van der Waals surface area contributed by atoms with E-state index in [2.05, 4.69) is 6.92 Å². The zero-order valence-electron chi connectivity index (χ0n) is 11.8. The molecule has 0 aliphatic carbocycles. The molecule has 4 nitrogen and oxygen atoms in total. The van der Waals surface area contributed by atoms with Crippen molar-refractivity contribution in [1.82, 2.24) is 0 Å². The third kappa shape index (κ3) is 5.72. The van der Waals surface area contributed by atoms with Crippen LogP contribution in [0.25, 0.3) is 0 Å². The second kappa shape index (κ2) is 7.62. The molecule has 0 fully saturated rings. The summed E-state index contributed by atoms with van der Waals surface area (Å²) in [6, 6.07) is 6.59. The first-order valence-electron chi connectivity index (χ1n) is 6.53. The Hall–Kier alpha value is -0.910. The molecule has 0 heterocycles. The number of aryl methyl sites for hydroxylation is 1. The average Bonchev–Trinajstić information content (AvgIpc) is 2.37. The fourth-order valence-corrected chi connectivity index (χ4v) is 2.41. The van der Waals surface area contributed by atoms with E-state index in [1.165, 1.54) is 0 Å². The van der Waals surface area contributed by atoms with Crippen LogP contribution in [0.1, 0.15) is 32.3 Å². The minimum absolute atomic E-state index is 0.0416. The normalized spacial score (nSPS) is 13.4. The Morgan fingerprint density at radius 2 is 1.84 bits per heavy atom. The van der Waals surface area contributed by atoms with Crippen LogP contribution in [-0.4, -0.2) is 27.7 Å². The molecular weight excluding hydrogens is 264 g/mol. The largest absolute Gasteiger partial charge is 0.376 e. The highest BCUT2D eigenvalue weighted by Gasteiger charge is 2.16. The van der Waals surface area contributed by atoms with Gasteiger partial charge in [0, 0.05) is 6.61 Å². The molecule has 1 atom stereocenters. The molecule has 0 aliphatic heterocycles. The van der Waals surface area contributed by atoms with Crippen molar-refractivity contribution in [2.45, 2.75) is 44.6 Å². The Bertz CT molecular complexity index is 465. The van der Waals surface area contributed by atoms with E-state index in [0.29, 0.717) is 6.61 Å². The van der Waals surface area contributed by atoms with Crippen LogP contribution >= 0.6 is 0 Å². The highest BCUT2D eigenvalue weighted by molar-refractivity contribution is 7.86. The lowest BCUT2D eigenvalue weighted by molar-refractivity contribution is 0.0325. The van der Waals surface area contributed by atoms with Gasteiger partial charge in [0.05, 0.1) is 17.6 Å². The highest BCUT2D eigenvalue weighted by Crippen LogP contribution is 2.13. The molecular formula is C14H22O4S. The summed E-state index contributed by atoms with van der Waals surface area (Å²) >= 11 is 0. The summed E-state index contributed by atoms with van der Waals surface area (Å²) in [6.07, 6.45) is 1.79. The Kier molecular flexibility index (Phi) is 6.48. The molecule has 0 aromatic heterocycles. The number of ether oxygens (including phenoxy) is 1. The Morgan fingerprint density at radius 1 is 1.21 bits per heavy atom. The molecule has 1 aromatic carbocycles. The molecule has 0 bridgehead atoms. The molecule has 108 valence electrons. The van der Waals surface area contributed by atoms with Crippen LogP contribution in [0.15, 0.2) is 29.2 Å². The molecule has 5 heteroatoms. The standard InChI is InChI=1S/C14H22O4S/c1-4-5-10-17-13(3)11-18-19(15,16)14-8-6-12(2)7-9-14/h6-9,13H,4-5,10-11H2,1-3H3/t13-/m1/s1. The van der Waals surface area contributed by atoms with Crippen LogP contribution in [0, 0.1) is 6.92 Å². The molecule has 0 radical (unpaired) electrons. The van der Waals surface area contributed by atoms with Crippen LogP contribution in [0.2, 0.25) is 0 Å². The summed E-state index contributed by atoms with van der Waals surface area (Å²) < 4.78 is 34.2. The van der Waals surface area contributed by atoms with Gasteiger partial charge in [-0.1, -0.05) is 31.0 Å². The average molecular weight is 286 g/mol. The predicted molar refractivity (Wildman–Crippen MR) is 74.6 cm³/mol. The van der Waals surface area contributed by atoms with E-state index < -0.39 is 10.1 Å². The van der Waals surface area contributed by atoms with Crippen molar-refractivity contribution in [3.8, 4) is 0 Å². The van der Waals surface area contributed by atoms with E-state index in [4.69, 9.17) is 8.92 Å². The predicted octanol–water partition coefficient (Wildman–Crippen LogP) is 2.91. The van der Waals surface area contributed by atoms with Crippen LogP contribution in [0.3, 0.4) is 0 Å². The number of benzene rings is 1. The van der Waals surface area contributed by atoms with Crippen molar-refractivity contribution in [1.29, 1.82) is 0 Å². The van der Waals surface area contributed by atoms with Crippen molar-refractivity contribution < 1.29 is 17.3 Å². The van der Waals surface area contributed by atoms with Gasteiger partial charge < -0.3 is 4.74 Å². The van der Waals surface area contributed by atoms with Crippen molar-refractivity contribution in [2.24, 2.45) is 0 Å². The van der Waals surface area contributed by atoms with Crippen molar-refractivity contribution in [2.75, 3.05) is 13.2 Å². The molecule has 0 amide bonds. The second-order valence-electron chi connectivity index (χ2n) is 4.59. The maximum absolute atomic E-state index is 11.9. The molecule has 0 spiro atoms. The minimum atomic E-state index is -3.68. The van der Waals surface area contributed by atoms with Crippen LogP contribution in [-0.2, 0) is 19.0 Å². The zero-order chi connectivity index (χ0) is 14.3. The van der Waals surface area contributed by atoms with E-state index in [1.807, 2.05) is 6.92 Å². The number of rotatable bonds is 8. The Morgan fingerprint density at radius 3 is 2.42 bits per heavy atom. The fraction of sp³-hybridized carbons (Fsp3) is 0.571. The molecule has 1 rings (SSSR count). The molecule has 0 unspecified atom stereocenters. The molecule has 0 N–H and O–H groups in total. The summed E-state index contributed by atoms with van der Waals surface area (Å²) in [5.74, 6) is 0. The molecule has 0 saturated carbocycles. The number of hydrogen-bond donors (Lipinski definition) is 0. The first-order valence-corrected chi connectivity index (χ1v) is 7.94. The minimum Gasteiger partial charge on any atom is -0.376 e. The van der Waals surface area contributed by atoms with Crippen LogP contribution < -0.4 is 0 Å². The summed E-state index contributed by atoms with van der Waals surface area (Å²) in [6.45, 7) is 6.46. The molecule has 0 saturated heterocycles. The Balaban J connectivity index is 2.49. The van der Waals surface area contributed by atoms with E-state index in [0.717, 1.165) is 18.4 Å². The van der Waals surface area contributed by atoms with Gasteiger partial charge in [0.2, 0.25) is 0 Å². The molecule has 19 heavy (non-hydrogen) atoms. The zero-order valence-corrected chi connectivity index (χ0v) is 12.6. The second-order valence-corrected chi connectivity index (χ2v) is 6.20. The van der Waals surface area contributed by atoms with Gasteiger partial charge in [-0.15, -0.1) is 0 Å². The van der Waals surface area contributed by atoms with E-state index >= 15 is 0 Å². The lowest BCUT2D eigenvalue weighted by Crippen LogP contribution is -2.19. The van der Waals surface area contributed by atoms with Gasteiger partial charge in [-0.25, -0.2) is 0 Å². The lowest BCUT2D eigenvalue weighted by Gasteiger charge is -2.13. The first-order chi connectivity index (χ1) is 8.95. The van der Waals surface area contributed by atoms with Gasteiger partial charge >= 0.3 is 0 Å². The van der Waals surface area contributed by atoms with Gasteiger partial charge in [-0.3, -0.25) is 4.18 Å². The first kappa shape index (κ1) is 16.1. The van der Waals surface area contributed by atoms with Gasteiger partial charge in [0.15, 0.2) is 0 Å². The van der Waals surface area contributed by atoms with Crippen molar-refractivity contribution >= 4 is 10.1 Å². The fourth-order valence-electron chi connectivity index (χ4n) is 1.44. The highest BCUT2D eigenvalue weighted by atomic mass is 32.2. The van der Waals surface area contributed by atoms with E-state index in [-0.39, 0.29) is 17.6 Å². The van der Waals surface area contributed by atoms with Crippen molar-refractivity contribution in [3.63, 3.8) is 0 Å². The lowest BCUT2D eigenvalue weighted by atomic mass is 10.2. The van der Waals surface area contributed by atoms with Gasteiger partial charge in [0.25, 0.3) is 10.1 Å². The van der Waals surface area contributed by atoms with Gasteiger partial charge in [0.1, 0.15) is 0 Å². The van der Waals surface area contributed by atoms with E-state index in [1.54, 1.807) is 31.2 Å². The SMILES string of the molecule is CCCCO[C@H](C)COS(=O)(=O)c1ccc(C)cc1. The van der Waals surface area contributed by atoms with Crippen molar-refractivity contribution in [3.05, 3.63) is 29.8 Å². The summed E-state index contributed by atoms with van der Waals surface area (Å²) in [5.41, 5.74) is 1.01. The monoisotopic (exact) mass is 286 g/mol. The maximum atomic E-state index is 11.9. The van der Waals surface area contributed by atoms with Crippen LogP contribution in [0.5, 0.6) is 0 Å². The number of hydrogen-bond acceptors (Lipinski definition) is 4. The van der Waals surface area contributed by atoms with E-state index in [9.17, 15) is 8.42 Å².